The van der Waals surface area contributed by atoms with Gasteiger partial charge in [-0.2, -0.15) is 0 Å². The molecule has 2 unspecified atom stereocenters. The Morgan fingerprint density at radius 1 is 1.12 bits per heavy atom. The van der Waals surface area contributed by atoms with E-state index < -0.39 is 17.1 Å². The van der Waals surface area contributed by atoms with Crippen molar-refractivity contribution in [1.82, 2.24) is 14.0 Å². The Kier molecular flexibility index (Phi) is 7.51. The number of piperidine rings is 1. The fourth-order valence-corrected chi connectivity index (χ4v) is 4.96. The molecule has 0 spiro atoms. The van der Waals surface area contributed by atoms with Gasteiger partial charge in [-0.3, -0.25) is 18.7 Å². The van der Waals surface area contributed by atoms with Crippen molar-refractivity contribution in [3.8, 4) is 5.88 Å². The maximum atomic E-state index is 13.0. The standard InChI is InChI=1S/C22H27ClN4O4S/c1-13-6-5-7-14(2)27(13)17(28)12-32-19(24-16-10-8-15(23)9-11-16)18-20(29)25(3)22(31)26(4)21(18)30/h8-11,13-14,29H,5-7,12H2,1-4H3. The van der Waals surface area contributed by atoms with Crippen molar-refractivity contribution in [2.24, 2.45) is 19.1 Å². The molecule has 0 aliphatic carbocycles. The van der Waals surface area contributed by atoms with Crippen molar-refractivity contribution in [2.75, 3.05) is 5.75 Å². The van der Waals surface area contributed by atoms with Crippen LogP contribution in [0.4, 0.5) is 5.69 Å². The Bertz CT molecular complexity index is 1150. The van der Waals surface area contributed by atoms with Crippen LogP contribution in [0.15, 0.2) is 38.8 Å². The van der Waals surface area contributed by atoms with Gasteiger partial charge in [0.15, 0.2) is 0 Å². The normalized spacial score (nSPS) is 19.3. The average Bonchev–Trinajstić information content (AvgIpc) is 2.76. The van der Waals surface area contributed by atoms with Crippen molar-refractivity contribution in [3.05, 3.63) is 55.7 Å². The number of hydrogen-bond donors (Lipinski definition) is 1. The van der Waals surface area contributed by atoms with E-state index in [4.69, 9.17) is 11.6 Å². The molecule has 3 rings (SSSR count). The number of thioether (sulfide) groups is 1. The number of amides is 1. The molecule has 1 aliphatic heterocycles. The zero-order valence-electron chi connectivity index (χ0n) is 18.5. The lowest BCUT2D eigenvalue weighted by atomic mass is 9.98. The largest absolute Gasteiger partial charge is 0.494 e. The van der Waals surface area contributed by atoms with Gasteiger partial charge < -0.3 is 10.0 Å². The smallest absolute Gasteiger partial charge is 0.333 e. The van der Waals surface area contributed by atoms with E-state index >= 15 is 0 Å². The van der Waals surface area contributed by atoms with Gasteiger partial charge in [0.2, 0.25) is 11.8 Å². The van der Waals surface area contributed by atoms with Crippen molar-refractivity contribution >= 4 is 40.0 Å². The van der Waals surface area contributed by atoms with Gasteiger partial charge in [-0.15, -0.1) is 0 Å². The molecule has 1 fully saturated rings. The summed E-state index contributed by atoms with van der Waals surface area (Å²) in [6, 6.07) is 6.93. The van der Waals surface area contributed by atoms with Crippen molar-refractivity contribution in [2.45, 2.75) is 45.2 Å². The van der Waals surface area contributed by atoms with Gasteiger partial charge in [0, 0.05) is 31.2 Å². The van der Waals surface area contributed by atoms with Crippen LogP contribution in [0.3, 0.4) is 0 Å². The van der Waals surface area contributed by atoms with Crippen molar-refractivity contribution in [3.63, 3.8) is 0 Å². The third-order valence-corrected chi connectivity index (χ3v) is 6.93. The van der Waals surface area contributed by atoms with Crippen LogP contribution in [0.25, 0.3) is 0 Å². The molecule has 0 bridgehead atoms. The number of aromatic hydroxyl groups is 1. The molecule has 1 amide bonds. The second-order valence-electron chi connectivity index (χ2n) is 8.02. The summed E-state index contributed by atoms with van der Waals surface area (Å²) in [4.78, 5) is 44.5. The number of benzene rings is 1. The fourth-order valence-electron chi connectivity index (χ4n) is 3.93. The molecular weight excluding hydrogens is 452 g/mol. The number of carbonyl (C=O) groups excluding carboxylic acids is 1. The minimum atomic E-state index is -0.682. The third kappa shape index (κ3) is 4.94. The first-order chi connectivity index (χ1) is 15.1. The molecule has 2 atom stereocenters. The van der Waals surface area contributed by atoms with Gasteiger partial charge in [0.1, 0.15) is 10.6 Å². The molecule has 1 aliphatic rings. The highest BCUT2D eigenvalue weighted by atomic mass is 35.5. The highest BCUT2D eigenvalue weighted by Gasteiger charge is 2.30. The minimum absolute atomic E-state index is 0.0482. The first kappa shape index (κ1) is 24.1. The first-order valence-electron chi connectivity index (χ1n) is 10.4. The Balaban J connectivity index is 2.02. The average molecular weight is 479 g/mol. The molecule has 1 aromatic heterocycles. The maximum absolute atomic E-state index is 13.0. The van der Waals surface area contributed by atoms with Crippen LogP contribution < -0.4 is 11.2 Å². The lowest BCUT2D eigenvalue weighted by molar-refractivity contribution is -0.134. The van der Waals surface area contributed by atoms with E-state index in [0.717, 1.165) is 40.2 Å². The zero-order valence-corrected chi connectivity index (χ0v) is 20.1. The van der Waals surface area contributed by atoms with Crippen LogP contribution in [0.1, 0.15) is 38.7 Å². The summed E-state index contributed by atoms with van der Waals surface area (Å²) in [5, 5.41) is 11.3. The lowest BCUT2D eigenvalue weighted by Crippen LogP contribution is -2.48. The van der Waals surface area contributed by atoms with Gasteiger partial charge in [0.25, 0.3) is 5.56 Å². The van der Waals surface area contributed by atoms with Crippen LogP contribution in [-0.2, 0) is 18.9 Å². The third-order valence-electron chi connectivity index (χ3n) is 5.72. The van der Waals surface area contributed by atoms with E-state index in [1.165, 1.54) is 14.1 Å². The Labute approximate surface area is 195 Å². The van der Waals surface area contributed by atoms with E-state index in [1.807, 2.05) is 18.7 Å². The van der Waals surface area contributed by atoms with E-state index in [1.54, 1.807) is 24.3 Å². The highest BCUT2D eigenvalue weighted by molar-refractivity contribution is 8.15. The van der Waals surface area contributed by atoms with Gasteiger partial charge in [0.05, 0.1) is 11.4 Å². The molecule has 172 valence electrons. The molecule has 0 radical (unpaired) electrons. The lowest BCUT2D eigenvalue weighted by Gasteiger charge is -2.39. The van der Waals surface area contributed by atoms with Gasteiger partial charge in [-0.1, -0.05) is 23.4 Å². The molecule has 0 saturated carbocycles. The van der Waals surface area contributed by atoms with Crippen LogP contribution in [0, 0.1) is 0 Å². The number of rotatable bonds is 4. The Morgan fingerprint density at radius 2 is 1.72 bits per heavy atom. The van der Waals surface area contributed by atoms with Crippen molar-refractivity contribution < 1.29 is 9.90 Å². The quantitative estimate of drug-likeness (QED) is 0.538. The number of nitrogens with zero attached hydrogens (tertiary/aromatic N) is 4. The molecule has 1 saturated heterocycles. The van der Waals surface area contributed by atoms with Gasteiger partial charge in [-0.25, -0.2) is 9.79 Å². The van der Waals surface area contributed by atoms with Crippen LogP contribution in [0.2, 0.25) is 5.02 Å². The minimum Gasteiger partial charge on any atom is -0.494 e. The molecule has 10 heteroatoms. The van der Waals surface area contributed by atoms with E-state index in [9.17, 15) is 19.5 Å². The molecule has 8 nitrogen and oxygen atoms in total. The number of aliphatic imine (C=N–C) groups is 1. The van der Waals surface area contributed by atoms with E-state index in [0.29, 0.717) is 10.7 Å². The van der Waals surface area contributed by atoms with Crippen molar-refractivity contribution in [1.29, 1.82) is 0 Å². The molecule has 32 heavy (non-hydrogen) atoms. The monoisotopic (exact) mass is 478 g/mol. The Morgan fingerprint density at radius 3 is 2.31 bits per heavy atom. The van der Waals surface area contributed by atoms with Crippen LogP contribution in [-0.4, -0.2) is 47.9 Å². The second-order valence-corrected chi connectivity index (χ2v) is 9.42. The summed E-state index contributed by atoms with van der Waals surface area (Å²) in [5.74, 6) is -0.503. The fraction of sp³-hybridized carbons (Fsp3) is 0.455. The number of halogens is 1. The molecule has 1 aromatic carbocycles. The number of hydrogen-bond acceptors (Lipinski definition) is 6. The van der Waals surface area contributed by atoms with E-state index in [2.05, 4.69) is 4.99 Å². The summed E-state index contributed by atoms with van der Waals surface area (Å²) < 4.78 is 1.88. The van der Waals surface area contributed by atoms with Crippen LogP contribution >= 0.6 is 23.4 Å². The van der Waals surface area contributed by atoms with E-state index in [-0.39, 0.29) is 34.4 Å². The molecule has 2 aromatic rings. The maximum Gasteiger partial charge on any atom is 0.333 e. The summed E-state index contributed by atoms with van der Waals surface area (Å²) in [6.45, 7) is 4.07. The number of carbonyl (C=O) groups is 1. The van der Waals surface area contributed by atoms with Gasteiger partial charge >= 0.3 is 5.69 Å². The predicted molar refractivity (Wildman–Crippen MR) is 128 cm³/mol. The molecule has 2 heterocycles. The number of aromatic nitrogens is 2. The zero-order chi connectivity index (χ0) is 23.6. The summed E-state index contributed by atoms with van der Waals surface area (Å²) >= 11 is 7.02. The first-order valence-corrected chi connectivity index (χ1v) is 11.8. The number of likely N-dealkylation sites (tertiary alicyclic amines) is 1. The Hall–Kier alpha value is -2.52. The summed E-state index contributed by atoms with van der Waals surface area (Å²) in [5.41, 5.74) is -0.960. The summed E-state index contributed by atoms with van der Waals surface area (Å²) in [7, 11) is 2.70. The molecular formula is C22H27ClN4O4S. The molecule has 1 N–H and O–H groups in total. The summed E-state index contributed by atoms with van der Waals surface area (Å²) in [6.07, 6.45) is 2.99. The second kappa shape index (κ2) is 9.95. The van der Waals surface area contributed by atoms with Crippen LogP contribution in [0.5, 0.6) is 5.88 Å². The highest BCUT2D eigenvalue weighted by Crippen LogP contribution is 2.27. The predicted octanol–water partition coefficient (Wildman–Crippen LogP) is 3.04. The topological polar surface area (TPSA) is 96.9 Å². The van der Waals surface area contributed by atoms with Gasteiger partial charge in [-0.05, 0) is 57.4 Å². The SMILES string of the molecule is CC1CCCC(C)N1C(=O)CSC(=Nc1ccc(Cl)cc1)c1c(O)n(C)c(=O)n(C)c1=O.